The lowest BCUT2D eigenvalue weighted by Gasteiger charge is -2.08. The molecule has 1 heterocycles. The summed E-state index contributed by atoms with van der Waals surface area (Å²) in [7, 11) is 2.01. The zero-order valence-corrected chi connectivity index (χ0v) is 7.16. The van der Waals surface area contributed by atoms with Crippen molar-refractivity contribution in [2.45, 2.75) is 20.4 Å². The van der Waals surface area contributed by atoms with Crippen LogP contribution in [0.25, 0.3) is 0 Å². The van der Waals surface area contributed by atoms with Crippen LogP contribution in [0, 0.1) is 6.92 Å². The van der Waals surface area contributed by atoms with Gasteiger partial charge in [0.25, 0.3) is 0 Å². The van der Waals surface area contributed by atoms with Gasteiger partial charge >= 0.3 is 0 Å². The Morgan fingerprint density at radius 1 is 1.55 bits per heavy atom. The molecule has 0 aliphatic rings. The molecule has 4 nitrogen and oxygen atoms in total. The molecular formula is C7H13N3O. The van der Waals surface area contributed by atoms with E-state index in [0.717, 1.165) is 13.1 Å². The summed E-state index contributed by atoms with van der Waals surface area (Å²) < 4.78 is 4.93. The van der Waals surface area contributed by atoms with E-state index >= 15 is 0 Å². The minimum atomic E-state index is 0.687. The lowest BCUT2D eigenvalue weighted by Crippen LogP contribution is -2.16. The summed E-state index contributed by atoms with van der Waals surface area (Å²) >= 11 is 0. The first kappa shape index (κ1) is 8.20. The maximum absolute atomic E-state index is 4.93. The van der Waals surface area contributed by atoms with Crippen molar-refractivity contribution in [2.24, 2.45) is 0 Å². The van der Waals surface area contributed by atoms with Crippen LogP contribution < -0.4 is 0 Å². The molecule has 0 N–H and O–H groups in total. The molecule has 0 aliphatic heterocycles. The highest BCUT2D eigenvalue weighted by atomic mass is 16.5. The lowest BCUT2D eigenvalue weighted by atomic mass is 10.5. The summed E-state index contributed by atoms with van der Waals surface area (Å²) in [6.07, 6.45) is 0. The highest BCUT2D eigenvalue weighted by Gasteiger charge is 2.03. The normalized spacial score (nSPS) is 10.9. The Kier molecular flexibility index (Phi) is 2.59. The van der Waals surface area contributed by atoms with E-state index in [9.17, 15) is 0 Å². The van der Waals surface area contributed by atoms with Crippen LogP contribution in [0.2, 0.25) is 0 Å². The third-order valence-corrected chi connectivity index (χ3v) is 1.51. The summed E-state index contributed by atoms with van der Waals surface area (Å²) in [5.41, 5.74) is 0. The Bertz CT molecular complexity index is 221. The second kappa shape index (κ2) is 3.48. The van der Waals surface area contributed by atoms with Crippen LogP contribution in [0.15, 0.2) is 4.52 Å². The van der Waals surface area contributed by atoms with E-state index in [2.05, 4.69) is 22.0 Å². The fourth-order valence-corrected chi connectivity index (χ4v) is 0.747. The summed E-state index contributed by atoms with van der Waals surface area (Å²) in [6, 6.07) is 0. The molecule has 0 fully saturated rings. The molecule has 0 atom stereocenters. The molecule has 0 bridgehead atoms. The van der Waals surface area contributed by atoms with Crippen molar-refractivity contribution in [3.8, 4) is 0 Å². The molecule has 0 saturated carbocycles. The number of hydrogen-bond acceptors (Lipinski definition) is 4. The Balaban J connectivity index is 2.50. The fraction of sp³-hybridized carbons (Fsp3) is 0.714. The second-order valence-corrected chi connectivity index (χ2v) is 2.57. The number of aryl methyl sites for hydroxylation is 1. The predicted octanol–water partition coefficient (Wildman–Crippen LogP) is 0.830. The van der Waals surface area contributed by atoms with Gasteiger partial charge in [0.1, 0.15) is 0 Å². The molecule has 0 unspecified atom stereocenters. The lowest BCUT2D eigenvalue weighted by molar-refractivity contribution is 0.276. The molecule has 0 amide bonds. The molecule has 1 aromatic heterocycles. The van der Waals surface area contributed by atoms with E-state index in [4.69, 9.17) is 4.52 Å². The van der Waals surface area contributed by atoms with Crippen LogP contribution >= 0.6 is 0 Å². The SMILES string of the molecule is CCN(C)Cc1nc(C)no1. The summed E-state index contributed by atoms with van der Waals surface area (Å²) in [5, 5.41) is 3.69. The number of rotatable bonds is 3. The van der Waals surface area contributed by atoms with E-state index in [1.807, 2.05) is 14.0 Å². The van der Waals surface area contributed by atoms with Gasteiger partial charge < -0.3 is 4.52 Å². The van der Waals surface area contributed by atoms with Crippen molar-refractivity contribution < 1.29 is 4.52 Å². The van der Waals surface area contributed by atoms with E-state index < -0.39 is 0 Å². The Morgan fingerprint density at radius 2 is 2.27 bits per heavy atom. The Morgan fingerprint density at radius 3 is 2.73 bits per heavy atom. The van der Waals surface area contributed by atoms with E-state index in [0.29, 0.717) is 11.7 Å². The first-order valence-electron chi connectivity index (χ1n) is 3.70. The zero-order valence-electron chi connectivity index (χ0n) is 7.16. The van der Waals surface area contributed by atoms with Gasteiger partial charge in [0.15, 0.2) is 5.82 Å². The maximum atomic E-state index is 4.93. The van der Waals surface area contributed by atoms with Crippen LogP contribution in [-0.4, -0.2) is 28.6 Å². The topological polar surface area (TPSA) is 42.2 Å². The number of aromatic nitrogens is 2. The van der Waals surface area contributed by atoms with E-state index in [1.54, 1.807) is 0 Å². The van der Waals surface area contributed by atoms with Crippen molar-refractivity contribution in [1.29, 1.82) is 0 Å². The quantitative estimate of drug-likeness (QED) is 0.648. The first-order valence-corrected chi connectivity index (χ1v) is 3.70. The van der Waals surface area contributed by atoms with Gasteiger partial charge in [0.05, 0.1) is 6.54 Å². The third kappa shape index (κ3) is 2.31. The molecule has 4 heteroatoms. The minimum absolute atomic E-state index is 0.687. The standard InChI is InChI=1S/C7H13N3O/c1-4-10(3)5-7-8-6(2)9-11-7/h4-5H2,1-3H3. The fourth-order valence-electron chi connectivity index (χ4n) is 0.747. The molecule has 0 radical (unpaired) electrons. The van der Waals surface area contributed by atoms with Crippen LogP contribution in [-0.2, 0) is 6.54 Å². The predicted molar refractivity (Wildman–Crippen MR) is 41.0 cm³/mol. The molecule has 0 aliphatic carbocycles. The van der Waals surface area contributed by atoms with Crippen LogP contribution in [0.4, 0.5) is 0 Å². The maximum Gasteiger partial charge on any atom is 0.240 e. The molecule has 1 aromatic rings. The summed E-state index contributed by atoms with van der Waals surface area (Å²) in [4.78, 5) is 6.18. The minimum Gasteiger partial charge on any atom is -0.338 e. The largest absolute Gasteiger partial charge is 0.338 e. The van der Waals surface area contributed by atoms with Gasteiger partial charge in [0, 0.05) is 0 Å². The summed E-state index contributed by atoms with van der Waals surface area (Å²) in [5.74, 6) is 1.39. The molecule has 0 spiro atoms. The van der Waals surface area contributed by atoms with E-state index in [1.165, 1.54) is 0 Å². The zero-order chi connectivity index (χ0) is 8.27. The van der Waals surface area contributed by atoms with Crippen molar-refractivity contribution >= 4 is 0 Å². The van der Waals surface area contributed by atoms with Crippen molar-refractivity contribution in [3.63, 3.8) is 0 Å². The van der Waals surface area contributed by atoms with Gasteiger partial charge in [-0.15, -0.1) is 0 Å². The van der Waals surface area contributed by atoms with Gasteiger partial charge in [-0.1, -0.05) is 12.1 Å². The van der Waals surface area contributed by atoms with Crippen molar-refractivity contribution in [3.05, 3.63) is 11.7 Å². The summed E-state index contributed by atoms with van der Waals surface area (Å²) in [6.45, 7) is 5.63. The molecule has 11 heavy (non-hydrogen) atoms. The van der Waals surface area contributed by atoms with Crippen LogP contribution in [0.1, 0.15) is 18.6 Å². The van der Waals surface area contributed by atoms with Crippen molar-refractivity contribution in [1.82, 2.24) is 15.0 Å². The van der Waals surface area contributed by atoms with Crippen LogP contribution in [0.3, 0.4) is 0 Å². The molecule has 62 valence electrons. The molecule has 0 saturated heterocycles. The first-order chi connectivity index (χ1) is 5.22. The van der Waals surface area contributed by atoms with Crippen molar-refractivity contribution in [2.75, 3.05) is 13.6 Å². The number of nitrogens with zero attached hydrogens (tertiary/aromatic N) is 3. The third-order valence-electron chi connectivity index (χ3n) is 1.51. The Labute approximate surface area is 66.2 Å². The van der Waals surface area contributed by atoms with Gasteiger partial charge in [-0.25, -0.2) is 0 Å². The van der Waals surface area contributed by atoms with Crippen LogP contribution in [0.5, 0.6) is 0 Å². The average Bonchev–Trinajstić information content (AvgIpc) is 2.35. The second-order valence-electron chi connectivity index (χ2n) is 2.57. The van der Waals surface area contributed by atoms with Gasteiger partial charge in [-0.05, 0) is 20.5 Å². The van der Waals surface area contributed by atoms with Gasteiger partial charge in [-0.3, -0.25) is 4.90 Å². The molecular weight excluding hydrogens is 142 g/mol. The van der Waals surface area contributed by atoms with E-state index in [-0.39, 0.29) is 0 Å². The van der Waals surface area contributed by atoms with Gasteiger partial charge in [0.2, 0.25) is 5.89 Å². The highest BCUT2D eigenvalue weighted by Crippen LogP contribution is 1.98. The smallest absolute Gasteiger partial charge is 0.240 e. The van der Waals surface area contributed by atoms with Gasteiger partial charge in [-0.2, -0.15) is 4.98 Å². The monoisotopic (exact) mass is 155 g/mol. The number of hydrogen-bond donors (Lipinski definition) is 0. The average molecular weight is 155 g/mol. The molecule has 1 rings (SSSR count). The molecule has 0 aromatic carbocycles. The highest BCUT2D eigenvalue weighted by molar-refractivity contribution is 4.81. The Hall–Kier alpha value is -0.900.